The van der Waals surface area contributed by atoms with Crippen LogP contribution in [0.5, 0.6) is 5.75 Å². The predicted molar refractivity (Wildman–Crippen MR) is 103 cm³/mol. The summed E-state index contributed by atoms with van der Waals surface area (Å²) in [5.74, 6) is 0.447. The molecule has 1 aliphatic rings. The topological polar surface area (TPSA) is 58.6 Å². The van der Waals surface area contributed by atoms with E-state index in [2.05, 4.69) is 16.3 Å². The number of amides is 1. The van der Waals surface area contributed by atoms with Crippen molar-refractivity contribution in [2.24, 2.45) is 0 Å². The number of ether oxygens (including phenoxy) is 1. The van der Waals surface area contributed by atoms with E-state index in [0.717, 1.165) is 24.5 Å². The van der Waals surface area contributed by atoms with Crippen molar-refractivity contribution < 1.29 is 14.3 Å². The normalized spacial score (nSPS) is 13.5. The Kier molecular flexibility index (Phi) is 5.89. The van der Waals surface area contributed by atoms with Crippen LogP contribution < -0.4 is 15.0 Å². The van der Waals surface area contributed by atoms with Crippen molar-refractivity contribution in [1.29, 1.82) is 0 Å². The Morgan fingerprint density at radius 1 is 1.08 bits per heavy atom. The number of hydrogen-bond donors (Lipinski definition) is 1. The fraction of sp³-hybridized carbons (Fsp3) is 0.333. The molecule has 0 aliphatic carbocycles. The van der Waals surface area contributed by atoms with Crippen LogP contribution in [0.4, 0.5) is 11.4 Å². The molecule has 1 saturated heterocycles. The van der Waals surface area contributed by atoms with E-state index < -0.39 is 0 Å². The number of carbonyl (C=O) groups is 2. The molecule has 5 nitrogen and oxygen atoms in total. The van der Waals surface area contributed by atoms with Gasteiger partial charge in [0.25, 0.3) is 5.91 Å². The molecule has 2 aromatic rings. The van der Waals surface area contributed by atoms with Crippen LogP contribution >= 0.6 is 0 Å². The molecule has 0 atom stereocenters. The molecule has 2 aromatic carbocycles. The standard InChI is InChI=1S/C21H24N2O3/c1-2-20(24)16-8-10-19(11-9-16)26-15-21(25)22-17-6-5-7-18(14-17)23-12-3-4-13-23/h5-11,14H,2-4,12-13,15H2,1H3,(H,22,25). The number of hydrogen-bond acceptors (Lipinski definition) is 4. The summed E-state index contributed by atoms with van der Waals surface area (Å²) < 4.78 is 5.50. The number of nitrogens with zero attached hydrogens (tertiary/aromatic N) is 1. The van der Waals surface area contributed by atoms with Crippen molar-refractivity contribution in [2.75, 3.05) is 29.9 Å². The Balaban J connectivity index is 1.52. The van der Waals surface area contributed by atoms with Gasteiger partial charge in [-0.3, -0.25) is 9.59 Å². The smallest absolute Gasteiger partial charge is 0.262 e. The van der Waals surface area contributed by atoms with Crippen molar-refractivity contribution in [1.82, 2.24) is 0 Å². The van der Waals surface area contributed by atoms with Crippen LogP contribution in [0.25, 0.3) is 0 Å². The molecule has 136 valence electrons. The van der Waals surface area contributed by atoms with Crippen LogP contribution in [0.1, 0.15) is 36.5 Å². The Morgan fingerprint density at radius 3 is 2.50 bits per heavy atom. The Hall–Kier alpha value is -2.82. The quantitative estimate of drug-likeness (QED) is 0.768. The van der Waals surface area contributed by atoms with E-state index in [0.29, 0.717) is 17.7 Å². The van der Waals surface area contributed by atoms with E-state index in [9.17, 15) is 9.59 Å². The minimum atomic E-state index is -0.211. The van der Waals surface area contributed by atoms with Crippen LogP contribution in [-0.4, -0.2) is 31.4 Å². The summed E-state index contributed by atoms with van der Waals surface area (Å²) >= 11 is 0. The van der Waals surface area contributed by atoms with Crippen molar-refractivity contribution in [2.45, 2.75) is 26.2 Å². The highest BCUT2D eigenvalue weighted by atomic mass is 16.5. The Morgan fingerprint density at radius 2 is 1.81 bits per heavy atom. The van der Waals surface area contributed by atoms with Crippen LogP contribution in [0.15, 0.2) is 48.5 Å². The summed E-state index contributed by atoms with van der Waals surface area (Å²) in [6.07, 6.45) is 2.90. The van der Waals surface area contributed by atoms with Gasteiger partial charge in [-0.2, -0.15) is 0 Å². The maximum Gasteiger partial charge on any atom is 0.262 e. The summed E-state index contributed by atoms with van der Waals surface area (Å²) in [4.78, 5) is 26.1. The van der Waals surface area contributed by atoms with E-state index in [1.54, 1.807) is 24.3 Å². The van der Waals surface area contributed by atoms with Gasteiger partial charge in [-0.1, -0.05) is 13.0 Å². The fourth-order valence-corrected chi connectivity index (χ4v) is 3.04. The molecule has 0 spiro atoms. The highest BCUT2D eigenvalue weighted by molar-refractivity contribution is 5.96. The van der Waals surface area contributed by atoms with Crippen molar-refractivity contribution in [3.63, 3.8) is 0 Å². The van der Waals surface area contributed by atoms with Gasteiger partial charge in [0.1, 0.15) is 5.75 Å². The van der Waals surface area contributed by atoms with E-state index in [1.165, 1.54) is 12.8 Å². The highest BCUT2D eigenvalue weighted by Gasteiger charge is 2.13. The second-order valence-electron chi connectivity index (χ2n) is 6.38. The molecule has 1 amide bonds. The molecule has 0 bridgehead atoms. The third-order valence-electron chi connectivity index (χ3n) is 4.47. The number of anilines is 2. The maximum absolute atomic E-state index is 12.1. The first kappa shape index (κ1) is 18.0. The van der Waals surface area contributed by atoms with E-state index in [4.69, 9.17) is 4.74 Å². The first-order valence-electron chi connectivity index (χ1n) is 9.06. The molecule has 3 rings (SSSR count). The van der Waals surface area contributed by atoms with Crippen molar-refractivity contribution in [3.8, 4) is 5.75 Å². The molecule has 0 saturated carbocycles. The summed E-state index contributed by atoms with van der Waals surface area (Å²) in [7, 11) is 0. The molecular formula is C21H24N2O3. The first-order chi connectivity index (χ1) is 12.7. The monoisotopic (exact) mass is 352 g/mol. The molecule has 1 N–H and O–H groups in total. The summed E-state index contributed by atoms with van der Waals surface area (Å²) in [6, 6.07) is 14.8. The first-order valence-corrected chi connectivity index (χ1v) is 9.06. The van der Waals surface area contributed by atoms with E-state index in [-0.39, 0.29) is 18.3 Å². The van der Waals surface area contributed by atoms with Gasteiger partial charge < -0.3 is 15.0 Å². The lowest BCUT2D eigenvalue weighted by atomic mass is 10.1. The Bertz CT molecular complexity index is 765. The minimum absolute atomic E-state index is 0.0744. The lowest BCUT2D eigenvalue weighted by molar-refractivity contribution is -0.118. The largest absolute Gasteiger partial charge is 0.484 e. The lowest BCUT2D eigenvalue weighted by Crippen LogP contribution is -2.21. The van der Waals surface area contributed by atoms with Gasteiger partial charge in [0.15, 0.2) is 12.4 Å². The van der Waals surface area contributed by atoms with Gasteiger partial charge in [-0.15, -0.1) is 0 Å². The zero-order valence-electron chi connectivity index (χ0n) is 15.0. The molecule has 0 aromatic heterocycles. The van der Waals surface area contributed by atoms with Crippen molar-refractivity contribution in [3.05, 3.63) is 54.1 Å². The van der Waals surface area contributed by atoms with Crippen molar-refractivity contribution >= 4 is 23.1 Å². The molecule has 26 heavy (non-hydrogen) atoms. The van der Waals surface area contributed by atoms with Crippen LogP contribution in [0, 0.1) is 0 Å². The van der Waals surface area contributed by atoms with E-state index in [1.807, 2.05) is 25.1 Å². The molecular weight excluding hydrogens is 328 g/mol. The molecule has 1 fully saturated rings. The minimum Gasteiger partial charge on any atom is -0.484 e. The summed E-state index contributed by atoms with van der Waals surface area (Å²) in [6.45, 7) is 3.89. The summed E-state index contributed by atoms with van der Waals surface area (Å²) in [5, 5.41) is 2.87. The average molecular weight is 352 g/mol. The number of ketones is 1. The molecule has 1 heterocycles. The number of benzene rings is 2. The van der Waals surface area contributed by atoms with Gasteiger partial charge in [-0.05, 0) is 55.3 Å². The molecule has 1 aliphatic heterocycles. The third kappa shape index (κ3) is 4.63. The molecule has 5 heteroatoms. The fourth-order valence-electron chi connectivity index (χ4n) is 3.04. The van der Waals surface area contributed by atoms with Crippen LogP contribution in [0.2, 0.25) is 0 Å². The van der Waals surface area contributed by atoms with Gasteiger partial charge in [0.2, 0.25) is 0 Å². The SMILES string of the molecule is CCC(=O)c1ccc(OCC(=O)Nc2cccc(N3CCCC3)c2)cc1. The zero-order valence-corrected chi connectivity index (χ0v) is 15.0. The van der Waals surface area contributed by atoms with Crippen LogP contribution in [0.3, 0.4) is 0 Å². The van der Waals surface area contributed by atoms with Gasteiger partial charge in [0.05, 0.1) is 0 Å². The number of Topliss-reactive ketones (excluding diaryl/α,β-unsaturated/α-hetero) is 1. The van der Waals surface area contributed by atoms with Crippen LogP contribution in [-0.2, 0) is 4.79 Å². The Labute approximate surface area is 154 Å². The van der Waals surface area contributed by atoms with Gasteiger partial charge >= 0.3 is 0 Å². The summed E-state index contributed by atoms with van der Waals surface area (Å²) in [5.41, 5.74) is 2.56. The second-order valence-corrected chi connectivity index (χ2v) is 6.38. The number of nitrogens with one attached hydrogen (secondary N) is 1. The van der Waals surface area contributed by atoms with Gasteiger partial charge in [0, 0.05) is 36.4 Å². The maximum atomic E-state index is 12.1. The predicted octanol–water partition coefficient (Wildman–Crippen LogP) is 3.90. The molecule has 0 radical (unpaired) electrons. The van der Waals surface area contributed by atoms with E-state index >= 15 is 0 Å². The number of carbonyl (C=O) groups excluding carboxylic acids is 2. The third-order valence-corrected chi connectivity index (χ3v) is 4.47. The average Bonchev–Trinajstić information content (AvgIpc) is 3.21. The zero-order chi connectivity index (χ0) is 18.4. The molecule has 0 unspecified atom stereocenters. The highest BCUT2D eigenvalue weighted by Crippen LogP contribution is 2.23. The lowest BCUT2D eigenvalue weighted by Gasteiger charge is -2.18. The van der Waals surface area contributed by atoms with Gasteiger partial charge in [-0.25, -0.2) is 0 Å². The second kappa shape index (κ2) is 8.52. The number of rotatable bonds is 7.